The maximum absolute atomic E-state index is 13.5. The summed E-state index contributed by atoms with van der Waals surface area (Å²) in [5.41, 5.74) is 1.86. The molecule has 1 saturated heterocycles. The van der Waals surface area contributed by atoms with E-state index < -0.39 is 26.6 Å². The molecule has 0 bridgehead atoms. The number of ether oxygens (including phenoxy) is 2. The lowest BCUT2D eigenvalue weighted by atomic mass is 9.95. The molecule has 0 radical (unpaired) electrons. The lowest BCUT2D eigenvalue weighted by molar-refractivity contribution is -0.180. The van der Waals surface area contributed by atoms with Crippen LogP contribution in [0.15, 0.2) is 73.3 Å². The summed E-state index contributed by atoms with van der Waals surface area (Å²) in [6, 6.07) is 19.7. The van der Waals surface area contributed by atoms with Crippen molar-refractivity contribution >= 4 is 14.3 Å². The van der Waals surface area contributed by atoms with Gasteiger partial charge in [-0.3, -0.25) is 0 Å². The van der Waals surface area contributed by atoms with Crippen molar-refractivity contribution in [2.75, 3.05) is 6.61 Å². The highest BCUT2D eigenvalue weighted by Crippen LogP contribution is 2.41. The number of benzene rings is 2. The fourth-order valence-electron chi connectivity index (χ4n) is 3.44. The monoisotopic (exact) mass is 438 g/mol. The molecule has 0 N–H and O–H groups in total. The fourth-order valence-corrected chi connectivity index (χ4v) is 4.70. The zero-order valence-corrected chi connectivity index (χ0v) is 20.2. The van der Waals surface area contributed by atoms with Crippen LogP contribution < -0.4 is 0 Å². The van der Waals surface area contributed by atoms with Crippen molar-refractivity contribution in [3.8, 4) is 0 Å². The minimum Gasteiger partial charge on any atom is -0.452 e. The lowest BCUT2D eigenvalue weighted by Crippen LogP contribution is -2.50. The smallest absolute Gasteiger partial charge is 0.335 e. The summed E-state index contributed by atoms with van der Waals surface area (Å²) in [6.45, 7) is 15.0. The second-order valence-electron chi connectivity index (χ2n) is 9.63. The van der Waals surface area contributed by atoms with Crippen LogP contribution in [0.2, 0.25) is 18.1 Å². The van der Waals surface area contributed by atoms with Crippen LogP contribution in [-0.4, -0.2) is 27.0 Å². The second-order valence-corrected chi connectivity index (χ2v) is 14.4. The highest BCUT2D eigenvalue weighted by atomic mass is 28.4. The van der Waals surface area contributed by atoms with Gasteiger partial charge in [0, 0.05) is 5.92 Å². The van der Waals surface area contributed by atoms with Gasteiger partial charge in [-0.15, -0.1) is 6.58 Å². The average Bonchev–Trinajstić information content (AvgIpc) is 2.74. The van der Waals surface area contributed by atoms with E-state index in [1.54, 1.807) is 6.08 Å². The maximum atomic E-state index is 13.5. The molecule has 0 aliphatic carbocycles. The standard InChI is InChI=1S/C26H34O4Si/c1-7-19-18-28-22(20-14-10-8-11-15-20)23(21-16-12-9-13-17-21)29-25(27)24(19)30-31(5,6)26(2,3)4/h7-17,19,22-24H,1,18H2,2-6H3/t19-,22-,23-,24-/m1/s1. The Labute approximate surface area is 187 Å². The van der Waals surface area contributed by atoms with Gasteiger partial charge in [-0.25, -0.2) is 4.79 Å². The molecule has 5 heteroatoms. The van der Waals surface area contributed by atoms with Crippen LogP contribution in [0.5, 0.6) is 0 Å². The average molecular weight is 439 g/mol. The van der Waals surface area contributed by atoms with Gasteiger partial charge in [0.25, 0.3) is 0 Å². The van der Waals surface area contributed by atoms with Crippen LogP contribution in [0.25, 0.3) is 0 Å². The summed E-state index contributed by atoms with van der Waals surface area (Å²) in [5, 5.41) is -0.0341. The Hall–Kier alpha value is -2.21. The van der Waals surface area contributed by atoms with E-state index in [0.717, 1.165) is 11.1 Å². The molecule has 4 nitrogen and oxygen atoms in total. The SMILES string of the molecule is C=C[C@@H]1CO[C@H](c2ccccc2)[C@@H](c2ccccc2)OC(=O)[C@@H]1O[Si](C)(C)C(C)(C)C. The molecule has 1 aliphatic heterocycles. The third-order valence-electron chi connectivity index (χ3n) is 6.39. The van der Waals surface area contributed by atoms with Crippen molar-refractivity contribution in [3.05, 3.63) is 84.4 Å². The summed E-state index contributed by atoms with van der Waals surface area (Å²) in [6.07, 6.45) is 0.0433. The molecule has 1 aliphatic rings. The molecule has 4 atom stereocenters. The summed E-state index contributed by atoms with van der Waals surface area (Å²) in [7, 11) is -2.22. The minimum absolute atomic E-state index is 0.0341. The van der Waals surface area contributed by atoms with Gasteiger partial charge in [0.1, 0.15) is 6.10 Å². The van der Waals surface area contributed by atoms with Crippen LogP contribution in [0.3, 0.4) is 0 Å². The number of esters is 1. The molecule has 0 spiro atoms. The van der Waals surface area contributed by atoms with Crippen LogP contribution >= 0.6 is 0 Å². The maximum Gasteiger partial charge on any atom is 0.335 e. The molecule has 2 aromatic rings. The molecule has 166 valence electrons. The molecule has 1 heterocycles. The predicted octanol–water partition coefficient (Wildman–Crippen LogP) is 6.24. The van der Waals surface area contributed by atoms with Crippen LogP contribution in [0.4, 0.5) is 0 Å². The first-order chi connectivity index (χ1) is 14.6. The minimum atomic E-state index is -2.22. The first-order valence-electron chi connectivity index (χ1n) is 10.9. The van der Waals surface area contributed by atoms with Gasteiger partial charge in [0.05, 0.1) is 6.61 Å². The fraction of sp³-hybridized carbons (Fsp3) is 0.423. The normalized spacial score (nSPS) is 25.3. The summed E-state index contributed by atoms with van der Waals surface area (Å²) in [5.74, 6) is -0.641. The predicted molar refractivity (Wildman–Crippen MR) is 126 cm³/mol. The van der Waals surface area contributed by atoms with Gasteiger partial charge >= 0.3 is 5.97 Å². The highest BCUT2D eigenvalue weighted by Gasteiger charge is 2.45. The first-order valence-corrected chi connectivity index (χ1v) is 13.8. The third-order valence-corrected chi connectivity index (χ3v) is 10.8. The Morgan fingerprint density at radius 1 is 0.968 bits per heavy atom. The van der Waals surface area contributed by atoms with Crippen molar-refractivity contribution in [2.24, 2.45) is 5.92 Å². The molecular formula is C26H34O4Si. The van der Waals surface area contributed by atoms with E-state index in [0.29, 0.717) is 6.61 Å². The molecular weight excluding hydrogens is 404 g/mol. The largest absolute Gasteiger partial charge is 0.452 e. The van der Waals surface area contributed by atoms with Crippen molar-refractivity contribution < 1.29 is 18.7 Å². The van der Waals surface area contributed by atoms with E-state index in [-0.39, 0.29) is 16.9 Å². The lowest BCUT2D eigenvalue weighted by Gasteiger charge is -2.42. The molecule has 31 heavy (non-hydrogen) atoms. The van der Waals surface area contributed by atoms with Gasteiger partial charge < -0.3 is 13.9 Å². The number of rotatable bonds is 5. The third kappa shape index (κ3) is 5.35. The number of carbonyl (C=O) groups is 1. The number of carbonyl (C=O) groups excluding carboxylic acids is 1. The van der Waals surface area contributed by atoms with E-state index in [4.69, 9.17) is 13.9 Å². The Morgan fingerprint density at radius 2 is 1.48 bits per heavy atom. The number of cyclic esters (lactones) is 1. The zero-order chi connectivity index (χ0) is 22.6. The molecule has 2 aromatic carbocycles. The Bertz CT molecular complexity index is 873. The Kier molecular flexibility index (Phi) is 7.19. The molecule has 3 rings (SSSR count). The second kappa shape index (κ2) is 9.51. The van der Waals surface area contributed by atoms with E-state index in [1.807, 2.05) is 60.7 Å². The van der Waals surface area contributed by atoms with Gasteiger partial charge in [-0.05, 0) is 29.3 Å². The number of hydrogen-bond acceptors (Lipinski definition) is 4. The van der Waals surface area contributed by atoms with E-state index in [2.05, 4.69) is 40.4 Å². The van der Waals surface area contributed by atoms with Crippen LogP contribution in [0, 0.1) is 5.92 Å². The summed E-state index contributed by atoms with van der Waals surface area (Å²) >= 11 is 0. The molecule has 0 unspecified atom stereocenters. The molecule has 0 amide bonds. The van der Waals surface area contributed by atoms with E-state index in [1.165, 1.54) is 0 Å². The van der Waals surface area contributed by atoms with Gasteiger partial charge in [0.15, 0.2) is 20.5 Å². The summed E-state index contributed by atoms with van der Waals surface area (Å²) in [4.78, 5) is 13.5. The number of hydrogen-bond donors (Lipinski definition) is 0. The summed E-state index contributed by atoms with van der Waals surface area (Å²) < 4.78 is 19.1. The van der Waals surface area contributed by atoms with Crippen molar-refractivity contribution in [3.63, 3.8) is 0 Å². The molecule has 0 saturated carbocycles. The Balaban J connectivity index is 1.98. The van der Waals surface area contributed by atoms with E-state index in [9.17, 15) is 4.79 Å². The topological polar surface area (TPSA) is 44.8 Å². The van der Waals surface area contributed by atoms with E-state index >= 15 is 0 Å². The molecule has 1 fully saturated rings. The zero-order valence-electron chi connectivity index (χ0n) is 19.2. The first kappa shape index (κ1) is 23.5. The van der Waals surface area contributed by atoms with Crippen molar-refractivity contribution in [1.29, 1.82) is 0 Å². The van der Waals surface area contributed by atoms with Crippen molar-refractivity contribution in [2.45, 2.75) is 57.2 Å². The molecule has 0 aromatic heterocycles. The van der Waals surface area contributed by atoms with Gasteiger partial charge in [-0.1, -0.05) is 87.5 Å². The van der Waals surface area contributed by atoms with Crippen LogP contribution in [-0.2, 0) is 18.7 Å². The highest BCUT2D eigenvalue weighted by molar-refractivity contribution is 6.74. The van der Waals surface area contributed by atoms with Gasteiger partial charge in [-0.2, -0.15) is 0 Å². The van der Waals surface area contributed by atoms with Gasteiger partial charge in [0.2, 0.25) is 0 Å². The quantitative estimate of drug-likeness (QED) is 0.315. The van der Waals surface area contributed by atoms with Crippen molar-refractivity contribution in [1.82, 2.24) is 0 Å². The van der Waals surface area contributed by atoms with Crippen LogP contribution in [0.1, 0.15) is 44.1 Å². The Morgan fingerprint density at radius 3 is 1.97 bits per heavy atom.